The highest BCUT2D eigenvalue weighted by Crippen LogP contribution is 2.29. The van der Waals surface area contributed by atoms with E-state index >= 15 is 0 Å². The first kappa shape index (κ1) is 10.7. The van der Waals surface area contributed by atoms with Crippen molar-refractivity contribution in [2.24, 2.45) is 5.92 Å². The van der Waals surface area contributed by atoms with E-state index < -0.39 is 0 Å². The Morgan fingerprint density at radius 2 is 2.15 bits per heavy atom. The third-order valence-electron chi connectivity index (χ3n) is 2.55. The Morgan fingerprint density at radius 3 is 2.46 bits per heavy atom. The average molecular weight is 184 g/mol. The van der Waals surface area contributed by atoms with E-state index in [0.717, 1.165) is 6.42 Å². The van der Waals surface area contributed by atoms with E-state index in [1.165, 1.54) is 0 Å². The zero-order valence-electron chi connectivity index (χ0n) is 8.98. The lowest BCUT2D eigenvalue weighted by Gasteiger charge is -2.21. The van der Waals surface area contributed by atoms with Crippen LogP contribution in [0.25, 0.3) is 0 Å². The van der Waals surface area contributed by atoms with Crippen LogP contribution in [0, 0.1) is 11.3 Å². The summed E-state index contributed by atoms with van der Waals surface area (Å²) < 4.78 is 5.26. The fourth-order valence-electron chi connectivity index (χ4n) is 1.48. The van der Waals surface area contributed by atoms with Gasteiger partial charge in [0.05, 0.1) is 12.3 Å². The van der Waals surface area contributed by atoms with Gasteiger partial charge in [0.2, 0.25) is 0 Å². The minimum atomic E-state index is -0.261. The van der Waals surface area contributed by atoms with Crippen molar-refractivity contribution >= 4 is 5.71 Å². The monoisotopic (exact) mass is 184 g/mol. The SMILES string of the molecule is CN[C@@H](CC(C)C)C(=N)[C@@]1(C)CO1. The molecule has 3 heteroatoms. The molecule has 1 saturated heterocycles. The topological polar surface area (TPSA) is 48.4 Å². The van der Waals surface area contributed by atoms with Crippen LogP contribution in [-0.4, -0.2) is 31.0 Å². The van der Waals surface area contributed by atoms with Crippen LogP contribution in [0.5, 0.6) is 0 Å². The Kier molecular flexibility index (Phi) is 3.09. The first-order chi connectivity index (χ1) is 5.99. The van der Waals surface area contributed by atoms with Gasteiger partial charge in [0, 0.05) is 6.04 Å². The van der Waals surface area contributed by atoms with E-state index in [9.17, 15) is 0 Å². The van der Waals surface area contributed by atoms with Crippen LogP contribution < -0.4 is 5.32 Å². The fourth-order valence-corrected chi connectivity index (χ4v) is 1.48. The number of hydrogen-bond donors (Lipinski definition) is 2. The molecule has 0 saturated carbocycles. The van der Waals surface area contributed by atoms with Crippen molar-refractivity contribution in [2.45, 2.75) is 38.8 Å². The number of epoxide rings is 1. The molecule has 0 bridgehead atoms. The fraction of sp³-hybridized carbons (Fsp3) is 0.900. The van der Waals surface area contributed by atoms with Gasteiger partial charge in [-0.25, -0.2) is 0 Å². The molecule has 2 atom stereocenters. The van der Waals surface area contributed by atoms with Crippen molar-refractivity contribution < 1.29 is 4.74 Å². The lowest BCUT2D eigenvalue weighted by Crippen LogP contribution is -2.41. The van der Waals surface area contributed by atoms with Gasteiger partial charge >= 0.3 is 0 Å². The molecule has 3 nitrogen and oxygen atoms in total. The molecule has 2 N–H and O–H groups in total. The van der Waals surface area contributed by atoms with Crippen LogP contribution in [-0.2, 0) is 4.74 Å². The maximum atomic E-state index is 7.97. The highest BCUT2D eigenvalue weighted by atomic mass is 16.6. The van der Waals surface area contributed by atoms with Crippen LogP contribution >= 0.6 is 0 Å². The molecule has 1 heterocycles. The van der Waals surface area contributed by atoms with Crippen molar-refractivity contribution in [1.29, 1.82) is 5.41 Å². The summed E-state index contributed by atoms with van der Waals surface area (Å²) in [6.45, 7) is 7.05. The summed E-state index contributed by atoms with van der Waals surface area (Å²) in [5.41, 5.74) is 0.437. The number of rotatable bonds is 5. The maximum Gasteiger partial charge on any atom is 0.128 e. The number of ether oxygens (including phenoxy) is 1. The third-order valence-corrected chi connectivity index (χ3v) is 2.55. The van der Waals surface area contributed by atoms with Gasteiger partial charge in [-0.1, -0.05) is 13.8 Å². The summed E-state index contributed by atoms with van der Waals surface area (Å²) >= 11 is 0. The summed E-state index contributed by atoms with van der Waals surface area (Å²) in [5, 5.41) is 11.1. The molecule has 13 heavy (non-hydrogen) atoms. The predicted octanol–water partition coefficient (Wildman–Crippen LogP) is 1.43. The molecule has 0 spiro atoms. The van der Waals surface area contributed by atoms with Crippen LogP contribution in [0.1, 0.15) is 27.2 Å². The molecule has 1 aliphatic heterocycles. The Morgan fingerprint density at radius 1 is 1.62 bits per heavy atom. The summed E-state index contributed by atoms with van der Waals surface area (Å²) in [6.07, 6.45) is 1.01. The Hall–Kier alpha value is -0.410. The predicted molar refractivity (Wildman–Crippen MR) is 54.4 cm³/mol. The highest BCUT2D eigenvalue weighted by molar-refractivity contribution is 5.96. The van der Waals surface area contributed by atoms with E-state index in [1.54, 1.807) is 0 Å². The first-order valence-corrected chi connectivity index (χ1v) is 4.89. The molecule has 0 amide bonds. The lowest BCUT2D eigenvalue weighted by atomic mass is 9.93. The third kappa shape index (κ3) is 2.51. The zero-order chi connectivity index (χ0) is 10.1. The quantitative estimate of drug-likeness (QED) is 0.501. The van der Waals surface area contributed by atoms with Gasteiger partial charge in [-0.3, -0.25) is 0 Å². The Bertz CT molecular complexity index is 197. The zero-order valence-corrected chi connectivity index (χ0v) is 8.98. The molecular weight excluding hydrogens is 164 g/mol. The number of hydrogen-bond acceptors (Lipinski definition) is 3. The van der Waals surface area contributed by atoms with Gasteiger partial charge in [-0.2, -0.15) is 0 Å². The summed E-state index contributed by atoms with van der Waals surface area (Å²) in [5.74, 6) is 0.611. The maximum absolute atomic E-state index is 7.97. The molecule has 0 aromatic carbocycles. The van der Waals surface area contributed by atoms with E-state index in [-0.39, 0.29) is 11.6 Å². The molecule has 0 aromatic heterocycles. The minimum absolute atomic E-state index is 0.174. The molecule has 1 rings (SSSR count). The van der Waals surface area contributed by atoms with Crippen molar-refractivity contribution in [1.82, 2.24) is 5.32 Å². The second kappa shape index (κ2) is 3.76. The van der Waals surface area contributed by atoms with E-state index in [1.807, 2.05) is 14.0 Å². The van der Waals surface area contributed by atoms with Gasteiger partial charge in [0.25, 0.3) is 0 Å². The van der Waals surface area contributed by atoms with Crippen LogP contribution in [0.2, 0.25) is 0 Å². The molecule has 0 aromatic rings. The van der Waals surface area contributed by atoms with E-state index in [2.05, 4.69) is 19.2 Å². The Labute approximate surface area is 80.4 Å². The van der Waals surface area contributed by atoms with Crippen molar-refractivity contribution in [2.75, 3.05) is 13.7 Å². The van der Waals surface area contributed by atoms with Gasteiger partial charge in [-0.15, -0.1) is 0 Å². The Balaban J connectivity index is 2.51. The molecule has 0 unspecified atom stereocenters. The van der Waals surface area contributed by atoms with Gasteiger partial charge < -0.3 is 15.5 Å². The van der Waals surface area contributed by atoms with Crippen LogP contribution in [0.15, 0.2) is 0 Å². The van der Waals surface area contributed by atoms with Crippen LogP contribution in [0.3, 0.4) is 0 Å². The molecule has 1 fully saturated rings. The largest absolute Gasteiger partial charge is 0.363 e. The number of nitrogens with one attached hydrogen (secondary N) is 2. The van der Waals surface area contributed by atoms with E-state index in [4.69, 9.17) is 10.1 Å². The van der Waals surface area contributed by atoms with Crippen LogP contribution in [0.4, 0.5) is 0 Å². The first-order valence-electron chi connectivity index (χ1n) is 4.89. The molecule has 0 aliphatic carbocycles. The average Bonchev–Trinajstić information content (AvgIpc) is 2.79. The summed E-state index contributed by atoms with van der Waals surface area (Å²) in [6, 6.07) is 0.174. The normalized spacial score (nSPS) is 29.0. The highest BCUT2D eigenvalue weighted by Gasteiger charge is 2.46. The van der Waals surface area contributed by atoms with Crippen molar-refractivity contribution in [3.8, 4) is 0 Å². The van der Waals surface area contributed by atoms with Gasteiger partial charge in [-0.05, 0) is 26.3 Å². The van der Waals surface area contributed by atoms with Gasteiger partial charge in [0.1, 0.15) is 5.60 Å². The standard InChI is InChI=1S/C10H20N2O/c1-7(2)5-8(12-4)9(11)10(3)6-13-10/h7-8,11-12H,5-6H2,1-4H3/t8-,10+/m0/s1. The second-order valence-electron chi connectivity index (χ2n) is 4.40. The van der Waals surface area contributed by atoms with Crippen molar-refractivity contribution in [3.05, 3.63) is 0 Å². The second-order valence-corrected chi connectivity index (χ2v) is 4.40. The molecule has 1 aliphatic rings. The summed E-state index contributed by atoms with van der Waals surface area (Å²) in [7, 11) is 1.91. The molecular formula is C10H20N2O. The minimum Gasteiger partial charge on any atom is -0.363 e. The molecule has 0 radical (unpaired) electrons. The smallest absolute Gasteiger partial charge is 0.128 e. The lowest BCUT2D eigenvalue weighted by molar-refractivity contribution is 0.372. The van der Waals surface area contributed by atoms with Crippen molar-refractivity contribution in [3.63, 3.8) is 0 Å². The van der Waals surface area contributed by atoms with E-state index in [0.29, 0.717) is 18.2 Å². The summed E-state index contributed by atoms with van der Waals surface area (Å²) in [4.78, 5) is 0. The van der Waals surface area contributed by atoms with Gasteiger partial charge in [0.15, 0.2) is 0 Å². The molecule has 76 valence electrons.